The van der Waals surface area contributed by atoms with E-state index in [0.29, 0.717) is 0 Å². The zero-order valence-corrected chi connectivity index (χ0v) is 22.5. The normalized spacial score (nSPS) is 30.1. The molecule has 1 heterocycles. The van der Waals surface area contributed by atoms with E-state index in [1.807, 2.05) is 0 Å². The van der Waals surface area contributed by atoms with Crippen LogP contribution in [-0.2, 0) is 25.6 Å². The number of hydrogen-bond acceptors (Lipinski definition) is 16. The third kappa shape index (κ3) is 7.31. The third-order valence-electron chi connectivity index (χ3n) is 7.38. The molecule has 2 unspecified atom stereocenters. The number of benzene rings is 2. The Labute approximate surface area is 243 Å². The molecule has 1 aliphatic heterocycles. The molecule has 1 saturated carbocycles. The van der Waals surface area contributed by atoms with Crippen LogP contribution in [0.3, 0.4) is 0 Å². The number of phenols is 6. The summed E-state index contributed by atoms with van der Waals surface area (Å²) in [5.41, 5.74) is -0.125. The van der Waals surface area contributed by atoms with Gasteiger partial charge >= 0.3 is 5.97 Å². The Morgan fingerprint density at radius 3 is 1.86 bits per heavy atom. The lowest BCUT2D eigenvalue weighted by Gasteiger charge is -2.40. The van der Waals surface area contributed by atoms with Gasteiger partial charge in [-0.3, -0.25) is 0 Å². The quantitative estimate of drug-likeness (QED) is 0.0882. The molecular weight excluding hydrogens is 580 g/mol. The largest absolute Gasteiger partial charge is 0.504 e. The monoisotopic (exact) mass is 614 g/mol. The Kier molecular flexibility index (Phi) is 10.0. The third-order valence-corrected chi connectivity index (χ3v) is 7.38. The standard InChI is InChI=1S/C27H34O16/c28-13-1-10(2-14(29)21(13)34)7-41-27(12-5-17(32)23(36)18(33)6-12)42-8-19-24(37)25(38)20(9-40-19)43-26(39)11-3-15(30)22(35)16(31)4-11/h1-4,12,17-20,23-25,27-38H,5-9H2/t12?,17-,18+,19-,20-,23?,24-,25-,27+/m1/s1. The van der Waals surface area contributed by atoms with Crippen LogP contribution in [0.25, 0.3) is 0 Å². The lowest BCUT2D eigenvalue weighted by atomic mass is 9.83. The predicted molar refractivity (Wildman–Crippen MR) is 139 cm³/mol. The van der Waals surface area contributed by atoms with Crippen LogP contribution in [0.4, 0.5) is 0 Å². The van der Waals surface area contributed by atoms with Crippen molar-refractivity contribution >= 4 is 5.97 Å². The Balaban J connectivity index is 1.40. The number of carbonyl (C=O) groups is 1. The van der Waals surface area contributed by atoms with Crippen LogP contribution in [0.5, 0.6) is 34.5 Å². The minimum absolute atomic E-state index is 0.0495. The van der Waals surface area contributed by atoms with Crippen LogP contribution in [0, 0.1) is 5.92 Å². The number of aliphatic hydroxyl groups excluding tert-OH is 5. The Morgan fingerprint density at radius 1 is 0.767 bits per heavy atom. The molecule has 2 fully saturated rings. The average molecular weight is 615 g/mol. The molecule has 4 rings (SSSR count). The van der Waals surface area contributed by atoms with Crippen molar-refractivity contribution in [2.45, 2.75) is 68.5 Å². The number of aliphatic hydroxyl groups is 5. The highest BCUT2D eigenvalue weighted by Gasteiger charge is 2.43. The first-order chi connectivity index (χ1) is 20.3. The van der Waals surface area contributed by atoms with Gasteiger partial charge in [0.15, 0.2) is 46.9 Å². The van der Waals surface area contributed by atoms with Crippen LogP contribution < -0.4 is 0 Å². The van der Waals surface area contributed by atoms with Crippen molar-refractivity contribution in [3.8, 4) is 34.5 Å². The highest BCUT2D eigenvalue weighted by atomic mass is 16.7. The molecule has 16 nitrogen and oxygen atoms in total. The van der Waals surface area contributed by atoms with Gasteiger partial charge in [0, 0.05) is 5.92 Å². The fourth-order valence-electron chi connectivity index (χ4n) is 4.94. The molecule has 9 atom stereocenters. The Bertz CT molecular complexity index is 1230. The zero-order valence-electron chi connectivity index (χ0n) is 22.5. The van der Waals surface area contributed by atoms with Crippen molar-refractivity contribution in [1.29, 1.82) is 0 Å². The first-order valence-corrected chi connectivity index (χ1v) is 13.2. The molecule has 2 aromatic rings. The molecule has 1 aliphatic carbocycles. The molecule has 43 heavy (non-hydrogen) atoms. The molecule has 16 heteroatoms. The van der Waals surface area contributed by atoms with E-state index in [9.17, 15) is 61.0 Å². The minimum atomic E-state index is -1.67. The van der Waals surface area contributed by atoms with Gasteiger partial charge in [0.25, 0.3) is 0 Å². The van der Waals surface area contributed by atoms with Gasteiger partial charge in [-0.2, -0.15) is 0 Å². The average Bonchev–Trinajstić information content (AvgIpc) is 2.96. The Morgan fingerprint density at radius 2 is 1.30 bits per heavy atom. The van der Waals surface area contributed by atoms with Gasteiger partial charge < -0.3 is 75.1 Å². The van der Waals surface area contributed by atoms with Gasteiger partial charge in [-0.05, 0) is 42.7 Å². The smallest absolute Gasteiger partial charge is 0.338 e. The van der Waals surface area contributed by atoms with Gasteiger partial charge in [-0.15, -0.1) is 0 Å². The predicted octanol–water partition coefficient (Wildman–Crippen LogP) is -1.38. The van der Waals surface area contributed by atoms with Crippen LogP contribution >= 0.6 is 0 Å². The summed E-state index contributed by atoms with van der Waals surface area (Å²) in [5, 5.41) is 109. The summed E-state index contributed by atoms with van der Waals surface area (Å²) in [6.07, 6.45) is -11.2. The van der Waals surface area contributed by atoms with Crippen molar-refractivity contribution in [1.82, 2.24) is 0 Å². The molecule has 2 aromatic carbocycles. The summed E-state index contributed by atoms with van der Waals surface area (Å²) in [7, 11) is 0. The highest BCUT2D eigenvalue weighted by molar-refractivity contribution is 5.91. The van der Waals surface area contributed by atoms with Crippen LogP contribution in [-0.4, -0.2) is 124 Å². The zero-order chi connectivity index (χ0) is 31.6. The van der Waals surface area contributed by atoms with Crippen molar-refractivity contribution < 1.29 is 79.9 Å². The van der Waals surface area contributed by atoms with Gasteiger partial charge in [-0.1, -0.05) is 0 Å². The summed E-state index contributed by atoms with van der Waals surface area (Å²) in [6.45, 7) is -1.09. The lowest BCUT2D eigenvalue weighted by molar-refractivity contribution is -0.245. The molecule has 2 aliphatic rings. The minimum Gasteiger partial charge on any atom is -0.504 e. The van der Waals surface area contributed by atoms with Crippen molar-refractivity contribution in [2.75, 3.05) is 13.2 Å². The van der Waals surface area contributed by atoms with E-state index >= 15 is 0 Å². The molecule has 0 radical (unpaired) electrons. The molecule has 0 spiro atoms. The number of ether oxygens (including phenoxy) is 4. The molecule has 238 valence electrons. The van der Waals surface area contributed by atoms with Gasteiger partial charge in [0.05, 0.1) is 37.6 Å². The first kappa shape index (κ1) is 32.3. The maximum atomic E-state index is 12.5. The summed E-state index contributed by atoms with van der Waals surface area (Å²) >= 11 is 0. The second kappa shape index (κ2) is 13.4. The maximum absolute atomic E-state index is 12.5. The molecule has 0 aromatic heterocycles. The lowest BCUT2D eigenvalue weighted by Crippen LogP contribution is -2.56. The van der Waals surface area contributed by atoms with Crippen molar-refractivity contribution in [2.24, 2.45) is 5.92 Å². The summed E-state index contributed by atoms with van der Waals surface area (Å²) in [5.74, 6) is -6.14. The second-order valence-corrected chi connectivity index (χ2v) is 10.5. The van der Waals surface area contributed by atoms with E-state index in [-0.39, 0.29) is 30.6 Å². The van der Waals surface area contributed by atoms with Crippen LogP contribution in [0.2, 0.25) is 0 Å². The van der Waals surface area contributed by atoms with Gasteiger partial charge in [0.2, 0.25) is 0 Å². The Hall–Kier alpha value is -3.61. The van der Waals surface area contributed by atoms with Crippen LogP contribution in [0.1, 0.15) is 28.8 Å². The molecule has 1 saturated heterocycles. The summed E-state index contributed by atoms with van der Waals surface area (Å²) < 4.78 is 22.3. The van der Waals surface area contributed by atoms with Gasteiger partial charge in [0.1, 0.15) is 24.4 Å². The SMILES string of the molecule is O=C(O[C@@H]1CO[C@H](CO[C@H](OCc2cc(O)c(O)c(O)c2)C2C[C@@H](O)C(O)[C@@H](O)C2)[C@@H](O)[C@@H]1O)c1cc(O)c(O)c(O)c1. The number of hydrogen-bond donors (Lipinski definition) is 11. The molecular formula is C27H34O16. The number of carbonyl (C=O) groups excluding carboxylic acids is 1. The number of rotatable bonds is 9. The van der Waals surface area contributed by atoms with Gasteiger partial charge in [-0.25, -0.2) is 4.79 Å². The summed E-state index contributed by atoms with van der Waals surface area (Å²) in [6, 6.07) is 3.93. The maximum Gasteiger partial charge on any atom is 0.338 e. The topological polar surface area (TPSA) is 277 Å². The number of phenolic OH excluding ortho intramolecular Hbond substituents is 6. The van der Waals surface area contributed by atoms with E-state index < -0.39 is 109 Å². The van der Waals surface area contributed by atoms with Crippen molar-refractivity contribution in [3.05, 3.63) is 35.4 Å². The summed E-state index contributed by atoms with van der Waals surface area (Å²) in [4.78, 5) is 12.5. The molecule has 0 bridgehead atoms. The molecule has 0 amide bonds. The van der Waals surface area contributed by atoms with Crippen LogP contribution in [0.15, 0.2) is 24.3 Å². The van der Waals surface area contributed by atoms with E-state index in [0.717, 1.165) is 24.3 Å². The van der Waals surface area contributed by atoms with E-state index in [4.69, 9.17) is 18.9 Å². The van der Waals surface area contributed by atoms with E-state index in [1.54, 1.807) is 0 Å². The van der Waals surface area contributed by atoms with E-state index in [2.05, 4.69) is 0 Å². The fourth-order valence-corrected chi connectivity index (χ4v) is 4.94. The van der Waals surface area contributed by atoms with E-state index in [1.165, 1.54) is 0 Å². The second-order valence-electron chi connectivity index (χ2n) is 10.5. The highest BCUT2D eigenvalue weighted by Crippen LogP contribution is 2.37. The van der Waals surface area contributed by atoms with Crippen molar-refractivity contribution in [3.63, 3.8) is 0 Å². The first-order valence-electron chi connectivity index (χ1n) is 13.2. The fraction of sp³-hybridized carbons (Fsp3) is 0.519. The number of esters is 1. The number of aromatic hydroxyl groups is 6. The molecule has 11 N–H and O–H groups in total.